The molecule has 0 aromatic rings. The highest BCUT2D eigenvalue weighted by atomic mass is 15.2. The normalized spacial score (nSPS) is 32.2. The summed E-state index contributed by atoms with van der Waals surface area (Å²) in [7, 11) is 4.38. The van der Waals surface area contributed by atoms with E-state index in [9.17, 15) is 0 Å². The van der Waals surface area contributed by atoms with E-state index in [0.717, 1.165) is 18.1 Å². The zero-order chi connectivity index (χ0) is 13.8. The lowest BCUT2D eigenvalue weighted by atomic mass is 9.81. The van der Waals surface area contributed by atoms with Crippen LogP contribution in [0.3, 0.4) is 0 Å². The highest BCUT2D eigenvalue weighted by Gasteiger charge is 2.37. The number of rotatable bonds is 6. The Morgan fingerprint density at radius 2 is 1.84 bits per heavy atom. The minimum atomic E-state index is 0.675. The molecule has 0 amide bonds. The molecule has 3 nitrogen and oxygen atoms in total. The average molecular weight is 267 g/mol. The van der Waals surface area contributed by atoms with Crippen molar-refractivity contribution in [2.75, 3.05) is 27.2 Å². The Hall–Kier alpha value is -0.120. The van der Waals surface area contributed by atoms with E-state index in [-0.39, 0.29) is 0 Å². The van der Waals surface area contributed by atoms with Crippen molar-refractivity contribution in [3.05, 3.63) is 0 Å². The lowest BCUT2D eigenvalue weighted by Gasteiger charge is -2.49. The molecule has 0 spiro atoms. The molecule has 2 rings (SSSR count). The first-order valence-corrected chi connectivity index (χ1v) is 8.25. The van der Waals surface area contributed by atoms with Crippen LogP contribution < -0.4 is 5.32 Å². The molecule has 3 heteroatoms. The van der Waals surface area contributed by atoms with Crippen LogP contribution in [0.5, 0.6) is 0 Å². The summed E-state index contributed by atoms with van der Waals surface area (Å²) in [4.78, 5) is 5.31. The summed E-state index contributed by atoms with van der Waals surface area (Å²) >= 11 is 0. The molecular formula is C16H33N3. The van der Waals surface area contributed by atoms with Gasteiger partial charge in [0.05, 0.1) is 0 Å². The number of piperidine rings is 2. The van der Waals surface area contributed by atoms with Gasteiger partial charge in [-0.2, -0.15) is 0 Å². The molecule has 0 saturated carbocycles. The summed E-state index contributed by atoms with van der Waals surface area (Å²) in [5.74, 6) is 0. The highest BCUT2D eigenvalue weighted by Crippen LogP contribution is 2.33. The second-order valence-electron chi connectivity index (χ2n) is 6.86. The summed E-state index contributed by atoms with van der Waals surface area (Å²) in [5.41, 5.74) is 0. The first-order chi connectivity index (χ1) is 9.11. The van der Waals surface area contributed by atoms with Crippen molar-refractivity contribution < 1.29 is 0 Å². The monoisotopic (exact) mass is 267 g/mol. The van der Waals surface area contributed by atoms with Gasteiger partial charge in [0.15, 0.2) is 0 Å². The summed E-state index contributed by atoms with van der Waals surface area (Å²) in [6.45, 7) is 7.12. The maximum absolute atomic E-state index is 3.51. The van der Waals surface area contributed by atoms with Crippen molar-refractivity contribution in [3.8, 4) is 0 Å². The summed E-state index contributed by atoms with van der Waals surface area (Å²) in [6.07, 6.45) is 8.36. The Morgan fingerprint density at radius 3 is 2.37 bits per heavy atom. The van der Waals surface area contributed by atoms with E-state index < -0.39 is 0 Å². The van der Waals surface area contributed by atoms with Crippen LogP contribution in [0.25, 0.3) is 0 Å². The van der Waals surface area contributed by atoms with E-state index in [0.29, 0.717) is 6.04 Å². The summed E-state index contributed by atoms with van der Waals surface area (Å²) < 4.78 is 0. The minimum Gasteiger partial charge on any atom is -0.317 e. The zero-order valence-corrected chi connectivity index (χ0v) is 13.4. The Labute approximate surface area is 119 Å². The van der Waals surface area contributed by atoms with Crippen LogP contribution in [0, 0.1) is 0 Å². The molecule has 2 saturated heterocycles. The molecule has 2 unspecified atom stereocenters. The Balaban J connectivity index is 1.80. The molecule has 0 aromatic carbocycles. The van der Waals surface area contributed by atoms with Gasteiger partial charge in [-0.15, -0.1) is 0 Å². The van der Waals surface area contributed by atoms with Crippen LogP contribution in [0.1, 0.15) is 52.4 Å². The third-order valence-electron chi connectivity index (χ3n) is 5.34. The smallest absolute Gasteiger partial charge is 0.0113 e. The van der Waals surface area contributed by atoms with Gasteiger partial charge in [0.2, 0.25) is 0 Å². The van der Waals surface area contributed by atoms with Gasteiger partial charge in [0, 0.05) is 24.2 Å². The Kier molecular flexibility index (Phi) is 5.67. The van der Waals surface area contributed by atoms with Gasteiger partial charge in [0.1, 0.15) is 0 Å². The van der Waals surface area contributed by atoms with E-state index in [2.05, 4.69) is 43.1 Å². The fourth-order valence-electron chi connectivity index (χ4n) is 3.84. The SMILES string of the molecule is CNC1CC2CCCC(C1)N2CCCN(C)C(C)C. The van der Waals surface area contributed by atoms with Crippen LogP contribution in [-0.2, 0) is 0 Å². The third-order valence-corrected chi connectivity index (χ3v) is 5.34. The number of nitrogens with one attached hydrogen (secondary N) is 1. The second-order valence-corrected chi connectivity index (χ2v) is 6.86. The fourth-order valence-corrected chi connectivity index (χ4v) is 3.84. The quantitative estimate of drug-likeness (QED) is 0.797. The van der Waals surface area contributed by atoms with Gasteiger partial charge >= 0.3 is 0 Å². The van der Waals surface area contributed by atoms with Crippen LogP contribution in [0.15, 0.2) is 0 Å². The number of hydrogen-bond donors (Lipinski definition) is 1. The topological polar surface area (TPSA) is 18.5 Å². The number of fused-ring (bicyclic) bond motifs is 2. The summed E-state index contributed by atoms with van der Waals surface area (Å²) in [6, 6.07) is 3.16. The second kappa shape index (κ2) is 7.05. The number of hydrogen-bond acceptors (Lipinski definition) is 3. The first-order valence-electron chi connectivity index (χ1n) is 8.25. The van der Waals surface area contributed by atoms with Crippen molar-refractivity contribution in [1.82, 2.24) is 15.1 Å². The van der Waals surface area contributed by atoms with Gasteiger partial charge < -0.3 is 10.2 Å². The maximum atomic E-state index is 3.51. The van der Waals surface area contributed by atoms with E-state index in [1.807, 2.05) is 0 Å². The van der Waals surface area contributed by atoms with Crippen LogP contribution in [0.4, 0.5) is 0 Å². The molecule has 0 aromatic heterocycles. The lowest BCUT2D eigenvalue weighted by Crippen LogP contribution is -2.56. The van der Waals surface area contributed by atoms with Gasteiger partial charge in [-0.3, -0.25) is 4.90 Å². The lowest BCUT2D eigenvalue weighted by molar-refractivity contribution is 0.0230. The Bertz CT molecular complexity index is 253. The first kappa shape index (κ1) is 15.3. The molecule has 2 fully saturated rings. The maximum Gasteiger partial charge on any atom is 0.0113 e. The van der Waals surface area contributed by atoms with E-state index >= 15 is 0 Å². The van der Waals surface area contributed by atoms with E-state index in [1.54, 1.807) is 0 Å². The molecule has 0 radical (unpaired) electrons. The predicted octanol–water partition coefficient (Wildman–Crippen LogP) is 2.32. The van der Waals surface area contributed by atoms with E-state index in [1.165, 1.54) is 51.6 Å². The van der Waals surface area contributed by atoms with Gasteiger partial charge in [-0.05, 0) is 73.1 Å². The fraction of sp³-hybridized carbons (Fsp3) is 1.00. The largest absolute Gasteiger partial charge is 0.317 e. The molecule has 1 N–H and O–H groups in total. The van der Waals surface area contributed by atoms with Crippen LogP contribution in [-0.4, -0.2) is 61.2 Å². The molecule has 2 bridgehead atoms. The average Bonchev–Trinajstić information content (AvgIpc) is 2.37. The van der Waals surface area contributed by atoms with Gasteiger partial charge in [-0.1, -0.05) is 6.42 Å². The summed E-state index contributed by atoms with van der Waals surface area (Å²) in [5, 5.41) is 3.51. The molecule has 2 atom stereocenters. The molecule has 2 heterocycles. The standard InChI is InChI=1S/C16H33N3/c1-13(2)18(4)9-6-10-19-15-7-5-8-16(19)12-14(11-15)17-3/h13-17H,5-12H2,1-4H3. The van der Waals surface area contributed by atoms with Crippen molar-refractivity contribution >= 4 is 0 Å². The minimum absolute atomic E-state index is 0.675. The molecule has 2 aliphatic rings. The zero-order valence-electron chi connectivity index (χ0n) is 13.4. The van der Waals surface area contributed by atoms with Gasteiger partial charge in [-0.25, -0.2) is 0 Å². The molecule has 19 heavy (non-hydrogen) atoms. The van der Waals surface area contributed by atoms with Crippen molar-refractivity contribution in [2.45, 2.75) is 76.5 Å². The van der Waals surface area contributed by atoms with Crippen molar-refractivity contribution in [2.24, 2.45) is 0 Å². The van der Waals surface area contributed by atoms with E-state index in [4.69, 9.17) is 0 Å². The Morgan fingerprint density at radius 1 is 1.21 bits per heavy atom. The van der Waals surface area contributed by atoms with Crippen LogP contribution in [0.2, 0.25) is 0 Å². The number of nitrogens with zero attached hydrogens (tertiary/aromatic N) is 2. The molecule has 112 valence electrons. The predicted molar refractivity (Wildman–Crippen MR) is 82.6 cm³/mol. The molecule has 0 aliphatic carbocycles. The van der Waals surface area contributed by atoms with Crippen LogP contribution >= 0.6 is 0 Å². The highest BCUT2D eigenvalue weighted by molar-refractivity contribution is 4.94. The molecule has 2 aliphatic heterocycles. The van der Waals surface area contributed by atoms with Crippen molar-refractivity contribution in [3.63, 3.8) is 0 Å². The van der Waals surface area contributed by atoms with Gasteiger partial charge in [0.25, 0.3) is 0 Å². The van der Waals surface area contributed by atoms with Crippen molar-refractivity contribution in [1.29, 1.82) is 0 Å². The third kappa shape index (κ3) is 3.93. The molecular weight excluding hydrogens is 234 g/mol.